The van der Waals surface area contributed by atoms with Crippen LogP contribution in [0.15, 0.2) is 48.2 Å². The summed E-state index contributed by atoms with van der Waals surface area (Å²) in [6.07, 6.45) is 0. The molecule has 2 amide bonds. The van der Waals surface area contributed by atoms with Crippen LogP contribution in [0.1, 0.15) is 5.56 Å². The van der Waals surface area contributed by atoms with E-state index in [0.29, 0.717) is 51.4 Å². The first-order valence-corrected chi connectivity index (χ1v) is 10.3. The topological polar surface area (TPSA) is 53.1 Å². The Bertz CT molecular complexity index is 1030. The van der Waals surface area contributed by atoms with Gasteiger partial charge in [0, 0.05) is 36.2 Å². The lowest BCUT2D eigenvalue weighted by Gasteiger charge is -2.34. The smallest absolute Gasteiger partial charge is 0.282 e. The number of ether oxygens (including phenoxy) is 1. The molecular formula is C22H21Cl2N3O3. The van der Waals surface area contributed by atoms with Crippen LogP contribution in [0, 0.1) is 0 Å². The molecule has 6 nitrogen and oxygen atoms in total. The molecule has 2 aromatic rings. The van der Waals surface area contributed by atoms with Gasteiger partial charge in [-0.05, 0) is 42.9 Å². The van der Waals surface area contributed by atoms with Crippen molar-refractivity contribution in [3.63, 3.8) is 0 Å². The van der Waals surface area contributed by atoms with Crippen LogP contribution in [-0.2, 0) is 9.59 Å². The zero-order chi connectivity index (χ0) is 21.4. The summed E-state index contributed by atoms with van der Waals surface area (Å²) in [4.78, 5) is 32.5. The van der Waals surface area contributed by atoms with Gasteiger partial charge in [0.2, 0.25) is 0 Å². The van der Waals surface area contributed by atoms with E-state index in [4.69, 9.17) is 27.9 Å². The van der Waals surface area contributed by atoms with Crippen molar-refractivity contribution in [3.05, 3.63) is 63.8 Å². The molecule has 0 bridgehead atoms. The summed E-state index contributed by atoms with van der Waals surface area (Å²) in [5.41, 5.74) is 1.74. The third-order valence-corrected chi connectivity index (χ3v) is 5.88. The summed E-state index contributed by atoms with van der Waals surface area (Å²) >= 11 is 12.2. The van der Waals surface area contributed by atoms with E-state index in [1.807, 2.05) is 11.9 Å². The third kappa shape index (κ3) is 3.67. The number of methoxy groups -OCH3 is 1. The van der Waals surface area contributed by atoms with Crippen LogP contribution in [0.5, 0.6) is 5.75 Å². The maximum absolute atomic E-state index is 13.6. The molecule has 0 spiro atoms. The third-order valence-electron chi connectivity index (χ3n) is 5.39. The summed E-state index contributed by atoms with van der Waals surface area (Å²) in [7, 11) is 3.53. The first-order chi connectivity index (χ1) is 14.4. The van der Waals surface area contributed by atoms with Gasteiger partial charge in [-0.3, -0.25) is 9.59 Å². The zero-order valence-corrected chi connectivity index (χ0v) is 18.2. The Hall–Kier alpha value is -2.54. The van der Waals surface area contributed by atoms with Crippen molar-refractivity contribution in [3.8, 4) is 5.75 Å². The summed E-state index contributed by atoms with van der Waals surface area (Å²) in [5.74, 6) is -0.386. The Morgan fingerprint density at radius 3 is 2.13 bits per heavy atom. The maximum atomic E-state index is 13.6. The molecule has 0 N–H and O–H groups in total. The maximum Gasteiger partial charge on any atom is 0.282 e. The Morgan fingerprint density at radius 2 is 1.50 bits per heavy atom. The lowest BCUT2D eigenvalue weighted by atomic mass is 10.0. The normalized spacial score (nSPS) is 17.9. The second-order valence-electron chi connectivity index (χ2n) is 7.28. The van der Waals surface area contributed by atoms with Gasteiger partial charge in [0.25, 0.3) is 11.8 Å². The molecule has 2 heterocycles. The van der Waals surface area contributed by atoms with Crippen molar-refractivity contribution in [2.24, 2.45) is 0 Å². The number of carbonyl (C=O) groups excluding carboxylic acids is 2. The number of anilines is 1. The number of piperazine rings is 1. The van der Waals surface area contributed by atoms with Crippen molar-refractivity contribution >= 4 is 46.3 Å². The van der Waals surface area contributed by atoms with Crippen molar-refractivity contribution < 1.29 is 14.3 Å². The minimum atomic E-state index is -0.406. The van der Waals surface area contributed by atoms with E-state index in [1.165, 1.54) is 7.11 Å². The van der Waals surface area contributed by atoms with E-state index in [1.54, 1.807) is 42.5 Å². The number of amides is 2. The molecule has 0 atom stereocenters. The molecule has 0 unspecified atom stereocenters. The number of likely N-dealkylation sites (N-methyl/N-ethyl adjacent to an activating group) is 1. The van der Waals surface area contributed by atoms with E-state index < -0.39 is 5.91 Å². The molecule has 2 aliphatic heterocycles. The average molecular weight is 446 g/mol. The minimum absolute atomic E-state index is 0.329. The van der Waals surface area contributed by atoms with E-state index >= 15 is 0 Å². The first-order valence-electron chi connectivity index (χ1n) is 9.56. The summed E-state index contributed by atoms with van der Waals surface area (Å²) in [6, 6.07) is 11.8. The first kappa shape index (κ1) is 20.7. The molecule has 1 saturated heterocycles. The Morgan fingerprint density at radius 1 is 0.867 bits per heavy atom. The van der Waals surface area contributed by atoms with Gasteiger partial charge in [0.1, 0.15) is 11.4 Å². The van der Waals surface area contributed by atoms with Gasteiger partial charge >= 0.3 is 0 Å². The Labute approximate surface area is 185 Å². The number of hydrogen-bond donors (Lipinski definition) is 0. The number of halogens is 2. The highest BCUT2D eigenvalue weighted by Crippen LogP contribution is 2.40. The van der Waals surface area contributed by atoms with E-state index in [9.17, 15) is 9.59 Å². The molecule has 1 fully saturated rings. The van der Waals surface area contributed by atoms with Crippen LogP contribution in [-0.4, -0.2) is 62.0 Å². The molecule has 4 rings (SSSR count). The van der Waals surface area contributed by atoms with Gasteiger partial charge in [-0.25, -0.2) is 4.90 Å². The molecule has 156 valence electrons. The fraction of sp³-hybridized carbons (Fsp3) is 0.273. The van der Waals surface area contributed by atoms with Crippen LogP contribution in [0.4, 0.5) is 5.69 Å². The number of nitrogens with zero attached hydrogens (tertiary/aromatic N) is 3. The largest absolute Gasteiger partial charge is 0.495 e. The standard InChI is InChI=1S/C22H21Cl2N3O3/c1-25-9-11-26(12-10-25)20-19(14-3-5-15(23)6-4-14)21(28)27(22(20)29)17-13-16(24)7-8-18(17)30-2/h3-8,13H,9-12H2,1-2H3. The van der Waals surface area contributed by atoms with Crippen LogP contribution in [0.3, 0.4) is 0 Å². The van der Waals surface area contributed by atoms with Crippen molar-refractivity contribution in [2.75, 3.05) is 45.2 Å². The quantitative estimate of drug-likeness (QED) is 0.673. The van der Waals surface area contributed by atoms with Gasteiger partial charge in [0.05, 0.1) is 18.4 Å². The van der Waals surface area contributed by atoms with Crippen molar-refractivity contribution in [1.29, 1.82) is 0 Å². The molecule has 8 heteroatoms. The molecule has 2 aliphatic rings. The number of imide groups is 1. The van der Waals surface area contributed by atoms with Gasteiger partial charge in [-0.1, -0.05) is 35.3 Å². The van der Waals surface area contributed by atoms with Crippen LogP contribution in [0.2, 0.25) is 10.0 Å². The molecule has 30 heavy (non-hydrogen) atoms. The highest BCUT2D eigenvalue weighted by molar-refractivity contribution is 6.46. The van der Waals surface area contributed by atoms with E-state index in [-0.39, 0.29) is 5.91 Å². The molecule has 0 aliphatic carbocycles. The Balaban J connectivity index is 1.84. The van der Waals surface area contributed by atoms with E-state index in [0.717, 1.165) is 18.0 Å². The fourth-order valence-corrected chi connectivity index (χ4v) is 4.07. The van der Waals surface area contributed by atoms with Crippen molar-refractivity contribution in [2.45, 2.75) is 0 Å². The SMILES string of the molecule is COc1ccc(Cl)cc1N1C(=O)C(c2ccc(Cl)cc2)=C(N2CCN(C)CC2)C1=O. The fourth-order valence-electron chi connectivity index (χ4n) is 3.78. The molecule has 0 aromatic heterocycles. The highest BCUT2D eigenvalue weighted by Gasteiger charge is 2.44. The minimum Gasteiger partial charge on any atom is -0.495 e. The van der Waals surface area contributed by atoms with Crippen molar-refractivity contribution in [1.82, 2.24) is 9.80 Å². The second-order valence-corrected chi connectivity index (χ2v) is 8.16. The summed E-state index contributed by atoms with van der Waals surface area (Å²) in [6.45, 7) is 2.92. The molecule has 0 saturated carbocycles. The predicted molar refractivity (Wildman–Crippen MR) is 118 cm³/mol. The summed E-state index contributed by atoms with van der Waals surface area (Å²) < 4.78 is 5.40. The van der Waals surface area contributed by atoms with Gasteiger partial charge < -0.3 is 14.5 Å². The lowest BCUT2D eigenvalue weighted by Crippen LogP contribution is -2.46. The lowest BCUT2D eigenvalue weighted by molar-refractivity contribution is -0.120. The number of carbonyl (C=O) groups is 2. The predicted octanol–water partition coefficient (Wildman–Crippen LogP) is 3.53. The highest BCUT2D eigenvalue weighted by atomic mass is 35.5. The second kappa shape index (κ2) is 8.30. The molecule has 2 aromatic carbocycles. The number of hydrogen-bond acceptors (Lipinski definition) is 5. The number of benzene rings is 2. The van der Waals surface area contributed by atoms with Gasteiger partial charge in [-0.15, -0.1) is 0 Å². The average Bonchev–Trinajstić information content (AvgIpc) is 2.99. The number of rotatable bonds is 4. The van der Waals surface area contributed by atoms with Crippen LogP contribution >= 0.6 is 23.2 Å². The summed E-state index contributed by atoms with van der Waals surface area (Å²) in [5, 5.41) is 0.970. The molecule has 0 radical (unpaired) electrons. The Kier molecular flexibility index (Phi) is 5.73. The molecular weight excluding hydrogens is 425 g/mol. The van der Waals surface area contributed by atoms with E-state index in [2.05, 4.69) is 4.90 Å². The zero-order valence-electron chi connectivity index (χ0n) is 16.7. The van der Waals surface area contributed by atoms with Crippen LogP contribution in [0.25, 0.3) is 5.57 Å². The van der Waals surface area contributed by atoms with Gasteiger partial charge in [-0.2, -0.15) is 0 Å². The van der Waals surface area contributed by atoms with Gasteiger partial charge in [0.15, 0.2) is 0 Å². The monoisotopic (exact) mass is 445 g/mol. The van der Waals surface area contributed by atoms with Crippen LogP contribution < -0.4 is 9.64 Å².